The molecule has 1 aliphatic heterocycles. The van der Waals surface area contributed by atoms with Crippen LogP contribution in [0.2, 0.25) is 0 Å². The first kappa shape index (κ1) is 17.4. The van der Waals surface area contributed by atoms with E-state index in [0.717, 1.165) is 32.4 Å². The Morgan fingerprint density at radius 2 is 1.95 bits per heavy atom. The maximum atomic E-state index is 12.0. The van der Waals surface area contributed by atoms with Crippen molar-refractivity contribution in [1.29, 1.82) is 0 Å². The monoisotopic (exact) mass is 283 g/mol. The van der Waals surface area contributed by atoms with E-state index in [0.29, 0.717) is 12.5 Å². The summed E-state index contributed by atoms with van der Waals surface area (Å²) in [6.45, 7) is 12.1. The minimum atomic E-state index is -0.0322. The van der Waals surface area contributed by atoms with E-state index in [-0.39, 0.29) is 17.4 Å². The average Bonchev–Trinajstić information content (AvgIpc) is 2.29. The van der Waals surface area contributed by atoms with Gasteiger partial charge in [0.25, 0.3) is 0 Å². The Morgan fingerprint density at radius 3 is 2.45 bits per heavy atom. The molecule has 1 atom stereocenters. The Morgan fingerprint density at radius 1 is 1.35 bits per heavy atom. The van der Waals surface area contributed by atoms with Gasteiger partial charge in [-0.25, -0.2) is 0 Å². The van der Waals surface area contributed by atoms with Crippen LogP contribution in [0.1, 0.15) is 59.8 Å². The Kier molecular flexibility index (Phi) is 6.96. The van der Waals surface area contributed by atoms with Gasteiger partial charge in [0.15, 0.2) is 0 Å². The second kappa shape index (κ2) is 7.99. The molecule has 0 aromatic carbocycles. The van der Waals surface area contributed by atoms with Crippen LogP contribution < -0.4 is 11.1 Å². The molecule has 0 saturated carbocycles. The third-order valence-corrected chi connectivity index (χ3v) is 3.81. The summed E-state index contributed by atoms with van der Waals surface area (Å²) >= 11 is 0. The molecule has 1 unspecified atom stereocenters. The maximum absolute atomic E-state index is 12.0. The fraction of sp³-hybridized carbons (Fsp3) is 0.938. The Hall–Kier alpha value is -0.610. The summed E-state index contributed by atoms with van der Waals surface area (Å²) in [4.78, 5) is 14.5. The van der Waals surface area contributed by atoms with Crippen LogP contribution in [0.3, 0.4) is 0 Å². The van der Waals surface area contributed by atoms with Crippen molar-refractivity contribution in [2.24, 2.45) is 11.1 Å². The average molecular weight is 283 g/mol. The molecule has 1 fully saturated rings. The summed E-state index contributed by atoms with van der Waals surface area (Å²) in [5.74, 6) is 0.121. The third-order valence-electron chi connectivity index (χ3n) is 3.81. The van der Waals surface area contributed by atoms with Crippen molar-refractivity contribution in [2.75, 3.05) is 19.6 Å². The number of piperidine rings is 1. The first-order chi connectivity index (χ1) is 9.30. The Balaban J connectivity index is 2.23. The fourth-order valence-electron chi connectivity index (χ4n) is 3.00. The molecule has 0 aromatic heterocycles. The van der Waals surface area contributed by atoms with Crippen LogP contribution in [-0.4, -0.2) is 42.5 Å². The van der Waals surface area contributed by atoms with E-state index >= 15 is 0 Å². The van der Waals surface area contributed by atoms with Crippen molar-refractivity contribution in [3.8, 4) is 0 Å². The first-order valence-corrected chi connectivity index (χ1v) is 8.07. The number of hydrogen-bond donors (Lipinski definition) is 2. The van der Waals surface area contributed by atoms with E-state index < -0.39 is 0 Å². The molecular weight excluding hydrogens is 250 g/mol. The molecule has 20 heavy (non-hydrogen) atoms. The molecule has 1 saturated heterocycles. The highest BCUT2D eigenvalue weighted by Gasteiger charge is 2.22. The zero-order valence-corrected chi connectivity index (χ0v) is 13.7. The molecule has 0 aliphatic carbocycles. The SMILES string of the molecule is CCCN1CCC(NC(=O)CC(N)CC(C)(C)C)CC1. The van der Waals surface area contributed by atoms with E-state index in [1.807, 2.05) is 0 Å². The molecule has 118 valence electrons. The number of likely N-dealkylation sites (tertiary alicyclic amines) is 1. The number of rotatable bonds is 6. The normalized spacial score (nSPS) is 19.9. The topological polar surface area (TPSA) is 58.4 Å². The van der Waals surface area contributed by atoms with Gasteiger partial charge in [-0.3, -0.25) is 4.79 Å². The van der Waals surface area contributed by atoms with Crippen molar-refractivity contribution in [3.05, 3.63) is 0 Å². The van der Waals surface area contributed by atoms with Gasteiger partial charge in [-0.1, -0.05) is 27.7 Å². The summed E-state index contributed by atoms with van der Waals surface area (Å²) in [7, 11) is 0. The van der Waals surface area contributed by atoms with Gasteiger partial charge in [0.1, 0.15) is 0 Å². The van der Waals surface area contributed by atoms with Crippen LogP contribution in [0.25, 0.3) is 0 Å². The van der Waals surface area contributed by atoms with Gasteiger partial charge >= 0.3 is 0 Å². The lowest BCUT2D eigenvalue weighted by molar-refractivity contribution is -0.122. The first-order valence-electron chi connectivity index (χ1n) is 8.07. The van der Waals surface area contributed by atoms with Gasteiger partial charge in [-0.05, 0) is 37.6 Å². The van der Waals surface area contributed by atoms with Crippen LogP contribution in [0, 0.1) is 5.41 Å². The molecule has 3 N–H and O–H groups in total. The van der Waals surface area contributed by atoms with Gasteiger partial charge in [-0.15, -0.1) is 0 Å². The lowest BCUT2D eigenvalue weighted by atomic mass is 9.87. The molecule has 4 heteroatoms. The molecule has 0 radical (unpaired) electrons. The van der Waals surface area contributed by atoms with Crippen molar-refractivity contribution in [3.63, 3.8) is 0 Å². The van der Waals surface area contributed by atoms with Gasteiger partial charge in [0, 0.05) is 31.6 Å². The van der Waals surface area contributed by atoms with Crippen LogP contribution in [0.5, 0.6) is 0 Å². The summed E-state index contributed by atoms with van der Waals surface area (Å²) in [5, 5.41) is 3.15. The van der Waals surface area contributed by atoms with Gasteiger partial charge in [-0.2, -0.15) is 0 Å². The molecule has 1 heterocycles. The summed E-state index contributed by atoms with van der Waals surface area (Å²) in [5.41, 5.74) is 6.24. The van der Waals surface area contributed by atoms with Gasteiger partial charge in [0.2, 0.25) is 5.91 Å². The molecule has 1 aliphatic rings. The summed E-state index contributed by atoms with van der Waals surface area (Å²) in [6.07, 6.45) is 4.68. The fourth-order valence-corrected chi connectivity index (χ4v) is 3.00. The van der Waals surface area contributed by atoms with Crippen molar-refractivity contribution in [2.45, 2.75) is 71.9 Å². The maximum Gasteiger partial charge on any atom is 0.221 e. The highest BCUT2D eigenvalue weighted by Crippen LogP contribution is 2.21. The number of carbonyl (C=O) groups excluding carboxylic acids is 1. The lowest BCUT2D eigenvalue weighted by Gasteiger charge is -2.32. The molecular formula is C16H33N3O. The zero-order valence-electron chi connectivity index (χ0n) is 13.7. The number of nitrogens with zero attached hydrogens (tertiary/aromatic N) is 1. The van der Waals surface area contributed by atoms with E-state index in [1.54, 1.807) is 0 Å². The number of nitrogens with one attached hydrogen (secondary N) is 1. The summed E-state index contributed by atoms with van der Waals surface area (Å²) < 4.78 is 0. The predicted octanol–water partition coefficient (Wildman–Crippen LogP) is 2.13. The third kappa shape index (κ3) is 7.25. The smallest absolute Gasteiger partial charge is 0.221 e. The molecule has 0 aromatic rings. The van der Waals surface area contributed by atoms with Crippen molar-refractivity contribution >= 4 is 5.91 Å². The molecule has 0 bridgehead atoms. The number of carbonyl (C=O) groups is 1. The molecule has 0 spiro atoms. The largest absolute Gasteiger partial charge is 0.353 e. The summed E-state index contributed by atoms with van der Waals surface area (Å²) in [6, 6.07) is 0.313. The minimum absolute atomic E-state index is 0.0322. The molecule has 1 amide bonds. The van der Waals surface area contributed by atoms with Crippen LogP contribution in [0.4, 0.5) is 0 Å². The highest BCUT2D eigenvalue weighted by molar-refractivity contribution is 5.76. The highest BCUT2D eigenvalue weighted by atomic mass is 16.1. The molecule has 4 nitrogen and oxygen atoms in total. The van der Waals surface area contributed by atoms with E-state index in [1.165, 1.54) is 13.0 Å². The van der Waals surface area contributed by atoms with E-state index in [9.17, 15) is 4.79 Å². The quantitative estimate of drug-likeness (QED) is 0.785. The van der Waals surface area contributed by atoms with Crippen LogP contribution >= 0.6 is 0 Å². The zero-order chi connectivity index (χ0) is 15.2. The standard InChI is InChI=1S/C16H33N3O/c1-5-8-19-9-6-14(7-10-19)18-15(20)11-13(17)12-16(2,3)4/h13-14H,5-12,17H2,1-4H3,(H,18,20). The Labute approximate surface area is 124 Å². The second-order valence-corrected chi connectivity index (χ2v) is 7.41. The van der Waals surface area contributed by atoms with Gasteiger partial charge < -0.3 is 16.0 Å². The number of amides is 1. The van der Waals surface area contributed by atoms with Crippen molar-refractivity contribution < 1.29 is 4.79 Å². The van der Waals surface area contributed by atoms with Gasteiger partial charge in [0.05, 0.1) is 0 Å². The minimum Gasteiger partial charge on any atom is -0.353 e. The van der Waals surface area contributed by atoms with Crippen molar-refractivity contribution in [1.82, 2.24) is 10.2 Å². The number of hydrogen-bond acceptors (Lipinski definition) is 3. The second-order valence-electron chi connectivity index (χ2n) is 7.41. The lowest BCUT2D eigenvalue weighted by Crippen LogP contribution is -2.46. The van der Waals surface area contributed by atoms with E-state index in [2.05, 4.69) is 37.9 Å². The molecule has 1 rings (SSSR count). The predicted molar refractivity (Wildman–Crippen MR) is 84.6 cm³/mol. The van der Waals surface area contributed by atoms with E-state index in [4.69, 9.17) is 5.73 Å². The van der Waals surface area contributed by atoms with Crippen LogP contribution in [0.15, 0.2) is 0 Å². The Bertz CT molecular complexity index is 291. The van der Waals surface area contributed by atoms with Crippen LogP contribution in [-0.2, 0) is 4.79 Å². The number of nitrogens with two attached hydrogens (primary N) is 1.